The van der Waals surface area contributed by atoms with Gasteiger partial charge in [-0.1, -0.05) is 0 Å². The summed E-state index contributed by atoms with van der Waals surface area (Å²) in [7, 11) is -3.69. The summed E-state index contributed by atoms with van der Waals surface area (Å²) in [6.45, 7) is 7.03. The van der Waals surface area contributed by atoms with Gasteiger partial charge in [0.05, 0.1) is 4.90 Å². The van der Waals surface area contributed by atoms with Gasteiger partial charge in [-0.2, -0.15) is 4.37 Å². The van der Waals surface area contributed by atoms with Gasteiger partial charge in [0.15, 0.2) is 0 Å². The third-order valence-corrected chi connectivity index (χ3v) is 6.38. The molecule has 2 N–H and O–H groups in total. The lowest BCUT2D eigenvalue weighted by Crippen LogP contribution is -2.46. The Balaban J connectivity index is 1.54. The Morgan fingerprint density at radius 3 is 2.41 bits per heavy atom. The number of anilines is 2. The number of nitrogens with zero attached hydrogens (tertiary/aromatic N) is 3. The second-order valence-corrected chi connectivity index (χ2v) is 10.2. The molecule has 0 radical (unpaired) electrons. The average molecular weight is 440 g/mol. The van der Waals surface area contributed by atoms with Gasteiger partial charge < -0.3 is 15.0 Å². The lowest BCUT2D eigenvalue weighted by atomic mass is 10.0. The number of aromatic nitrogens is 2. The molecule has 1 aliphatic rings. The molecule has 0 bridgehead atoms. The van der Waals surface area contributed by atoms with E-state index in [1.165, 1.54) is 6.33 Å². The molecule has 0 spiro atoms. The van der Waals surface area contributed by atoms with Gasteiger partial charge in [-0.25, -0.2) is 18.2 Å². The smallest absolute Gasteiger partial charge is 0.407 e. The summed E-state index contributed by atoms with van der Waals surface area (Å²) in [6, 6.07) is 6.79. The summed E-state index contributed by atoms with van der Waals surface area (Å²) in [6.07, 6.45) is 2.48. The van der Waals surface area contributed by atoms with Crippen molar-refractivity contribution < 1.29 is 17.9 Å². The molecule has 0 aliphatic carbocycles. The Morgan fingerprint density at radius 1 is 1.21 bits per heavy atom. The van der Waals surface area contributed by atoms with E-state index in [2.05, 4.69) is 24.3 Å². The first-order chi connectivity index (χ1) is 13.6. The van der Waals surface area contributed by atoms with E-state index in [1.807, 2.05) is 20.8 Å². The van der Waals surface area contributed by atoms with Crippen molar-refractivity contribution in [2.24, 2.45) is 0 Å². The molecule has 1 saturated heterocycles. The lowest BCUT2D eigenvalue weighted by Gasteiger charge is -2.34. The first kappa shape index (κ1) is 21.3. The molecular formula is C18H25N5O4S2. The summed E-state index contributed by atoms with van der Waals surface area (Å²) in [5.74, 6) is 0. The molecule has 29 heavy (non-hydrogen) atoms. The van der Waals surface area contributed by atoms with E-state index in [9.17, 15) is 13.2 Å². The Hall–Kier alpha value is -2.40. The summed E-state index contributed by atoms with van der Waals surface area (Å²) in [4.78, 5) is 18.1. The fourth-order valence-electron chi connectivity index (χ4n) is 2.98. The Bertz CT molecular complexity index is 916. The first-order valence-electron chi connectivity index (χ1n) is 9.26. The van der Waals surface area contributed by atoms with Crippen LogP contribution in [0.3, 0.4) is 0 Å². The maximum Gasteiger partial charge on any atom is 0.407 e. The molecule has 1 aromatic carbocycles. The van der Waals surface area contributed by atoms with E-state index < -0.39 is 21.7 Å². The molecule has 0 atom stereocenters. The van der Waals surface area contributed by atoms with E-state index in [0.717, 1.165) is 43.2 Å². The van der Waals surface area contributed by atoms with Crippen molar-refractivity contribution in [3.8, 4) is 0 Å². The highest BCUT2D eigenvalue weighted by molar-refractivity contribution is 7.93. The second-order valence-electron chi connectivity index (χ2n) is 7.75. The SMILES string of the molecule is CC(C)(C)OC(=O)NC1CCN(c2ccc(S(=O)(=O)Nc3ncns3)cc2)CC1. The second kappa shape index (κ2) is 8.54. The van der Waals surface area contributed by atoms with E-state index in [0.29, 0.717) is 0 Å². The van der Waals surface area contributed by atoms with E-state index in [1.54, 1.807) is 24.3 Å². The van der Waals surface area contributed by atoms with Crippen LogP contribution in [-0.2, 0) is 14.8 Å². The molecule has 1 aromatic heterocycles. The average Bonchev–Trinajstić information content (AvgIpc) is 3.13. The van der Waals surface area contributed by atoms with Gasteiger partial charge >= 0.3 is 6.09 Å². The molecule has 9 nitrogen and oxygen atoms in total. The van der Waals surface area contributed by atoms with Crippen LogP contribution >= 0.6 is 11.5 Å². The van der Waals surface area contributed by atoms with Gasteiger partial charge in [0, 0.05) is 36.4 Å². The number of piperidine rings is 1. The van der Waals surface area contributed by atoms with Crippen molar-refractivity contribution in [1.29, 1.82) is 0 Å². The van der Waals surface area contributed by atoms with Crippen LogP contribution in [0.1, 0.15) is 33.6 Å². The number of sulfonamides is 1. The van der Waals surface area contributed by atoms with Crippen molar-refractivity contribution in [3.05, 3.63) is 30.6 Å². The van der Waals surface area contributed by atoms with Crippen LogP contribution in [0.5, 0.6) is 0 Å². The zero-order valence-corrected chi connectivity index (χ0v) is 18.2. The zero-order valence-electron chi connectivity index (χ0n) is 16.6. The normalized spacial score (nSPS) is 15.8. The number of alkyl carbamates (subject to hydrolysis) is 1. The predicted molar refractivity (Wildman–Crippen MR) is 112 cm³/mol. The quantitative estimate of drug-likeness (QED) is 0.736. The maximum absolute atomic E-state index is 12.4. The van der Waals surface area contributed by atoms with Gasteiger partial charge in [0.25, 0.3) is 10.0 Å². The first-order valence-corrected chi connectivity index (χ1v) is 11.5. The van der Waals surface area contributed by atoms with E-state index in [-0.39, 0.29) is 16.1 Å². The molecule has 1 aliphatic heterocycles. The van der Waals surface area contributed by atoms with Crippen LogP contribution in [0.2, 0.25) is 0 Å². The summed E-state index contributed by atoms with van der Waals surface area (Å²) < 4.78 is 36.3. The van der Waals surface area contributed by atoms with Crippen LogP contribution in [-0.4, -0.2) is 48.6 Å². The molecule has 0 unspecified atom stereocenters. The van der Waals surface area contributed by atoms with E-state index in [4.69, 9.17) is 4.74 Å². The fraction of sp³-hybridized carbons (Fsp3) is 0.500. The van der Waals surface area contributed by atoms with Crippen molar-refractivity contribution in [2.45, 2.75) is 50.2 Å². The Morgan fingerprint density at radius 2 is 1.86 bits per heavy atom. The van der Waals surface area contributed by atoms with Gasteiger partial charge in [0.2, 0.25) is 5.13 Å². The molecule has 158 valence electrons. The monoisotopic (exact) mass is 439 g/mol. The highest BCUT2D eigenvalue weighted by Gasteiger charge is 2.24. The zero-order chi connectivity index (χ0) is 21.1. The minimum absolute atomic E-state index is 0.0665. The Kier molecular flexibility index (Phi) is 6.27. The molecule has 11 heteroatoms. The summed E-state index contributed by atoms with van der Waals surface area (Å²) >= 11 is 0.979. The molecule has 1 fully saturated rings. The fourth-order valence-corrected chi connectivity index (χ4v) is 4.65. The van der Waals surface area contributed by atoms with Crippen LogP contribution in [0.4, 0.5) is 15.6 Å². The number of benzene rings is 1. The molecule has 2 heterocycles. The van der Waals surface area contributed by atoms with Crippen molar-refractivity contribution >= 4 is 38.5 Å². The van der Waals surface area contributed by atoms with Crippen LogP contribution in [0, 0.1) is 0 Å². The maximum atomic E-state index is 12.4. The van der Waals surface area contributed by atoms with E-state index >= 15 is 0 Å². The van der Waals surface area contributed by atoms with Gasteiger partial charge in [-0.05, 0) is 57.9 Å². The largest absolute Gasteiger partial charge is 0.444 e. The molecule has 0 saturated carbocycles. The number of rotatable bonds is 5. The summed E-state index contributed by atoms with van der Waals surface area (Å²) in [5, 5.41) is 3.14. The van der Waals surface area contributed by atoms with Crippen LogP contribution in [0.25, 0.3) is 0 Å². The minimum atomic E-state index is -3.69. The molecule has 2 aromatic rings. The topological polar surface area (TPSA) is 114 Å². The molecule has 1 amide bonds. The van der Waals surface area contributed by atoms with Gasteiger partial charge in [-0.15, -0.1) is 0 Å². The number of hydrogen-bond donors (Lipinski definition) is 2. The number of nitrogens with one attached hydrogen (secondary N) is 2. The minimum Gasteiger partial charge on any atom is -0.444 e. The van der Waals surface area contributed by atoms with Crippen molar-refractivity contribution in [1.82, 2.24) is 14.7 Å². The number of carbonyl (C=O) groups is 1. The highest BCUT2D eigenvalue weighted by Crippen LogP contribution is 2.23. The van der Waals surface area contributed by atoms with Crippen LogP contribution in [0.15, 0.2) is 35.5 Å². The number of amides is 1. The number of hydrogen-bond acceptors (Lipinski definition) is 8. The standard InChI is InChI=1S/C18H25N5O4S2/c1-18(2,3)27-17(24)21-13-8-10-23(11-9-13)14-4-6-15(7-5-14)29(25,26)22-16-19-12-20-28-16/h4-7,12-13H,8-11H2,1-3H3,(H,21,24)(H,19,20,22). The van der Waals surface area contributed by atoms with Gasteiger partial charge in [0.1, 0.15) is 11.9 Å². The number of ether oxygens (including phenoxy) is 1. The third kappa shape index (κ3) is 6.04. The lowest BCUT2D eigenvalue weighted by molar-refractivity contribution is 0.0497. The third-order valence-electron chi connectivity index (χ3n) is 4.31. The van der Waals surface area contributed by atoms with Crippen molar-refractivity contribution in [2.75, 3.05) is 22.7 Å². The molecular weight excluding hydrogens is 414 g/mol. The Labute approximate surface area is 174 Å². The molecule has 3 rings (SSSR count). The van der Waals surface area contributed by atoms with Crippen molar-refractivity contribution in [3.63, 3.8) is 0 Å². The highest BCUT2D eigenvalue weighted by atomic mass is 32.2. The predicted octanol–water partition coefficient (Wildman–Crippen LogP) is 2.83. The summed E-state index contributed by atoms with van der Waals surface area (Å²) in [5.41, 5.74) is 0.424. The van der Waals surface area contributed by atoms with Crippen LogP contribution < -0.4 is 14.9 Å². The van der Waals surface area contributed by atoms with Gasteiger partial charge in [-0.3, -0.25) is 4.72 Å². The number of carbonyl (C=O) groups excluding carboxylic acids is 1.